The highest BCUT2D eigenvalue weighted by Crippen LogP contribution is 2.28. The lowest BCUT2D eigenvalue weighted by Crippen LogP contribution is -2.30. The molecule has 0 saturated carbocycles. The summed E-state index contributed by atoms with van der Waals surface area (Å²) < 4.78 is 33.5. The summed E-state index contributed by atoms with van der Waals surface area (Å²) in [5.74, 6) is -0.236. The van der Waals surface area contributed by atoms with Crippen molar-refractivity contribution in [3.05, 3.63) is 16.5 Å². The van der Waals surface area contributed by atoms with Crippen molar-refractivity contribution in [1.82, 2.24) is 4.90 Å². The summed E-state index contributed by atoms with van der Waals surface area (Å²) in [5.41, 5.74) is 0.748. The topological polar surface area (TPSA) is 98.9 Å². The standard InChI is InChI=1S/C12H18N2O5S2/c1-7-8(6-20-12(7)21(13,16)17)11(15)14-4-9(18-2)10(5-14)19-3/h6,9-10H,4-5H2,1-3H3,(H2,13,16,17). The molecule has 1 aliphatic rings. The number of primary sulfonamides is 1. The zero-order chi connectivity index (χ0) is 15.8. The van der Waals surface area contributed by atoms with Gasteiger partial charge in [-0.15, -0.1) is 11.3 Å². The minimum Gasteiger partial charge on any atom is -0.377 e. The predicted molar refractivity (Wildman–Crippen MR) is 77.9 cm³/mol. The quantitative estimate of drug-likeness (QED) is 0.847. The Morgan fingerprint density at radius 1 is 1.33 bits per heavy atom. The number of likely N-dealkylation sites (tertiary alicyclic amines) is 1. The van der Waals surface area contributed by atoms with E-state index in [2.05, 4.69) is 0 Å². The highest BCUT2D eigenvalue weighted by molar-refractivity contribution is 7.91. The van der Waals surface area contributed by atoms with Crippen LogP contribution < -0.4 is 5.14 Å². The zero-order valence-electron chi connectivity index (χ0n) is 12.0. The summed E-state index contributed by atoms with van der Waals surface area (Å²) in [6.45, 7) is 2.41. The van der Waals surface area contributed by atoms with Crippen LogP contribution in [0.2, 0.25) is 0 Å². The van der Waals surface area contributed by atoms with E-state index in [9.17, 15) is 13.2 Å². The maximum Gasteiger partial charge on any atom is 0.255 e. The molecular formula is C12H18N2O5S2. The fraction of sp³-hybridized carbons (Fsp3) is 0.583. The highest BCUT2D eigenvalue weighted by Gasteiger charge is 2.37. The fourth-order valence-electron chi connectivity index (χ4n) is 2.42. The number of rotatable bonds is 4. The molecule has 0 aromatic carbocycles. The Labute approximate surface area is 127 Å². The third-order valence-corrected chi connectivity index (χ3v) is 6.27. The van der Waals surface area contributed by atoms with Crippen molar-refractivity contribution < 1.29 is 22.7 Å². The molecule has 0 bridgehead atoms. The van der Waals surface area contributed by atoms with Crippen molar-refractivity contribution >= 4 is 27.3 Å². The molecule has 0 spiro atoms. The molecule has 2 atom stereocenters. The molecule has 0 radical (unpaired) electrons. The van der Waals surface area contributed by atoms with Gasteiger partial charge < -0.3 is 14.4 Å². The second kappa shape index (κ2) is 6.01. The van der Waals surface area contributed by atoms with Crippen molar-refractivity contribution in [2.75, 3.05) is 27.3 Å². The van der Waals surface area contributed by atoms with Crippen LogP contribution in [0.25, 0.3) is 0 Å². The van der Waals surface area contributed by atoms with Gasteiger partial charge in [0.2, 0.25) is 10.0 Å². The summed E-state index contributed by atoms with van der Waals surface area (Å²) in [6.07, 6.45) is -0.369. The molecule has 118 valence electrons. The summed E-state index contributed by atoms with van der Waals surface area (Å²) in [4.78, 5) is 14.1. The van der Waals surface area contributed by atoms with Crippen LogP contribution in [0.3, 0.4) is 0 Å². The van der Waals surface area contributed by atoms with E-state index in [1.54, 1.807) is 26.0 Å². The van der Waals surface area contributed by atoms with Gasteiger partial charge >= 0.3 is 0 Å². The Hall–Kier alpha value is -1.00. The smallest absolute Gasteiger partial charge is 0.255 e. The first-order chi connectivity index (χ1) is 9.79. The summed E-state index contributed by atoms with van der Waals surface area (Å²) in [5, 5.41) is 6.66. The summed E-state index contributed by atoms with van der Waals surface area (Å²) in [7, 11) is -0.664. The lowest BCUT2D eigenvalue weighted by atomic mass is 10.2. The number of sulfonamides is 1. The molecule has 1 aromatic heterocycles. The molecule has 2 heterocycles. The van der Waals surface area contributed by atoms with Crippen molar-refractivity contribution in [1.29, 1.82) is 0 Å². The Kier molecular flexibility index (Phi) is 4.69. The van der Waals surface area contributed by atoms with Gasteiger partial charge in [-0.1, -0.05) is 0 Å². The van der Waals surface area contributed by atoms with Gasteiger partial charge in [0.1, 0.15) is 16.4 Å². The first kappa shape index (κ1) is 16.4. The molecule has 2 rings (SSSR count). The number of amides is 1. The first-order valence-corrected chi connectivity index (χ1v) is 8.68. The largest absolute Gasteiger partial charge is 0.377 e. The number of methoxy groups -OCH3 is 2. The number of thiophene rings is 1. The lowest BCUT2D eigenvalue weighted by Gasteiger charge is -2.15. The molecule has 2 N–H and O–H groups in total. The van der Waals surface area contributed by atoms with E-state index < -0.39 is 10.0 Å². The van der Waals surface area contributed by atoms with Gasteiger partial charge in [-0.25, -0.2) is 13.6 Å². The SMILES string of the molecule is COC1CN(C(=O)c2csc(S(N)(=O)=O)c2C)CC1OC. The number of nitrogens with two attached hydrogens (primary N) is 1. The first-order valence-electron chi connectivity index (χ1n) is 6.25. The Balaban J connectivity index is 2.24. The minimum atomic E-state index is -3.80. The molecule has 1 amide bonds. The van der Waals surface area contributed by atoms with Crippen molar-refractivity contribution in [3.8, 4) is 0 Å². The molecule has 21 heavy (non-hydrogen) atoms. The Bertz CT molecular complexity index is 628. The second-order valence-corrected chi connectivity index (χ2v) is 7.50. The molecule has 1 fully saturated rings. The maximum absolute atomic E-state index is 12.5. The van der Waals surface area contributed by atoms with E-state index >= 15 is 0 Å². The van der Waals surface area contributed by atoms with Gasteiger partial charge in [-0.2, -0.15) is 0 Å². The normalized spacial score (nSPS) is 22.8. The Morgan fingerprint density at radius 3 is 2.24 bits per heavy atom. The fourth-order valence-corrected chi connectivity index (χ4v) is 4.43. The van der Waals surface area contributed by atoms with Crippen LogP contribution in [-0.2, 0) is 19.5 Å². The molecule has 1 saturated heterocycles. The Morgan fingerprint density at radius 2 is 1.86 bits per heavy atom. The molecule has 7 nitrogen and oxygen atoms in total. The number of hydrogen-bond donors (Lipinski definition) is 1. The third kappa shape index (κ3) is 3.11. The van der Waals surface area contributed by atoms with Crippen LogP contribution >= 0.6 is 11.3 Å². The lowest BCUT2D eigenvalue weighted by molar-refractivity contribution is -0.00461. The van der Waals surface area contributed by atoms with E-state index in [1.807, 2.05) is 0 Å². The molecule has 9 heteroatoms. The molecule has 2 unspecified atom stereocenters. The maximum atomic E-state index is 12.5. The van der Waals surface area contributed by atoms with Gasteiger partial charge in [0.25, 0.3) is 5.91 Å². The van der Waals surface area contributed by atoms with Crippen molar-refractivity contribution in [2.45, 2.75) is 23.3 Å². The van der Waals surface area contributed by atoms with E-state index in [1.165, 1.54) is 5.38 Å². The molecule has 0 aliphatic carbocycles. The van der Waals surface area contributed by atoms with Crippen LogP contribution in [0, 0.1) is 6.92 Å². The average Bonchev–Trinajstić information content (AvgIpc) is 3.00. The second-order valence-electron chi connectivity index (χ2n) is 4.87. The number of ether oxygens (including phenoxy) is 2. The van der Waals surface area contributed by atoms with Crippen molar-refractivity contribution in [3.63, 3.8) is 0 Å². The number of nitrogens with zero attached hydrogens (tertiary/aromatic N) is 1. The highest BCUT2D eigenvalue weighted by atomic mass is 32.2. The van der Waals surface area contributed by atoms with E-state index in [-0.39, 0.29) is 22.3 Å². The van der Waals surface area contributed by atoms with Gasteiger partial charge in [-0.3, -0.25) is 4.79 Å². The van der Waals surface area contributed by atoms with E-state index in [4.69, 9.17) is 14.6 Å². The van der Waals surface area contributed by atoms with Crippen LogP contribution in [0.4, 0.5) is 0 Å². The summed E-state index contributed by atoms with van der Waals surface area (Å²) in [6, 6.07) is 0. The average molecular weight is 334 g/mol. The van der Waals surface area contributed by atoms with Gasteiger partial charge in [-0.05, 0) is 12.5 Å². The van der Waals surface area contributed by atoms with Gasteiger partial charge in [0.05, 0.1) is 5.56 Å². The van der Waals surface area contributed by atoms with E-state index in [0.29, 0.717) is 24.2 Å². The number of hydrogen-bond acceptors (Lipinski definition) is 6. The predicted octanol–water partition coefficient (Wildman–Crippen LogP) is 0.190. The van der Waals surface area contributed by atoms with Gasteiger partial charge in [0.15, 0.2) is 0 Å². The number of carbonyl (C=O) groups is 1. The molecule has 1 aliphatic heterocycles. The third-order valence-electron chi connectivity index (χ3n) is 3.59. The monoisotopic (exact) mass is 334 g/mol. The summed E-state index contributed by atoms with van der Waals surface area (Å²) >= 11 is 0.960. The van der Waals surface area contributed by atoms with Crippen molar-refractivity contribution in [2.24, 2.45) is 5.14 Å². The van der Waals surface area contributed by atoms with Crippen LogP contribution in [0.15, 0.2) is 9.59 Å². The number of carbonyl (C=O) groups excluding carboxylic acids is 1. The van der Waals surface area contributed by atoms with Gasteiger partial charge in [0, 0.05) is 32.7 Å². The van der Waals surface area contributed by atoms with Crippen LogP contribution in [0.5, 0.6) is 0 Å². The van der Waals surface area contributed by atoms with E-state index in [0.717, 1.165) is 11.3 Å². The molecule has 1 aromatic rings. The zero-order valence-corrected chi connectivity index (χ0v) is 13.7. The molecular weight excluding hydrogens is 316 g/mol. The van der Waals surface area contributed by atoms with Crippen LogP contribution in [-0.4, -0.2) is 58.7 Å². The van der Waals surface area contributed by atoms with Crippen LogP contribution in [0.1, 0.15) is 15.9 Å². The minimum absolute atomic E-state index is 0.0247.